The van der Waals surface area contributed by atoms with Gasteiger partial charge in [0, 0.05) is 50.9 Å². The monoisotopic (exact) mass is 767 g/mol. The fourth-order valence-electron chi connectivity index (χ4n) is 5.38. The maximum absolute atomic E-state index is 13.7. The Morgan fingerprint density at radius 2 is 1.58 bits per heavy atom. The third kappa shape index (κ3) is 9.50. The van der Waals surface area contributed by atoms with E-state index in [4.69, 9.17) is 26.8 Å². The smallest absolute Gasteiger partial charge is 0.416 e. The number of morpholine rings is 1. The minimum atomic E-state index is -5.05. The van der Waals surface area contributed by atoms with Crippen LogP contribution in [0.15, 0.2) is 65.6 Å². The minimum absolute atomic E-state index is 0.0175. The molecule has 0 unspecified atom stereocenters. The summed E-state index contributed by atoms with van der Waals surface area (Å²) in [5.41, 5.74) is -2.57. The van der Waals surface area contributed by atoms with E-state index in [1.165, 1.54) is 65.4 Å². The van der Waals surface area contributed by atoms with Crippen LogP contribution in [0.2, 0.25) is 0 Å². The average Bonchev–Trinajstić information content (AvgIpc) is 3.37. The number of hydrogen-bond donors (Lipinski definition) is 1. The Kier molecular flexibility index (Phi) is 12.0. The number of amides is 2. The van der Waals surface area contributed by atoms with Gasteiger partial charge in [-0.15, -0.1) is 0 Å². The lowest BCUT2D eigenvalue weighted by Gasteiger charge is -2.26. The highest BCUT2D eigenvalue weighted by Crippen LogP contribution is 2.40. The number of nitrogens with zero attached hydrogens (tertiary/aromatic N) is 3. The van der Waals surface area contributed by atoms with E-state index in [1.807, 2.05) is 0 Å². The molecule has 0 bridgehead atoms. The second-order valence-electron chi connectivity index (χ2n) is 11.7. The van der Waals surface area contributed by atoms with Gasteiger partial charge in [0.1, 0.15) is 16.7 Å². The van der Waals surface area contributed by atoms with Crippen LogP contribution in [0.1, 0.15) is 33.5 Å². The molecule has 0 atom stereocenters. The zero-order chi connectivity index (χ0) is 37.8. The third-order valence-corrected chi connectivity index (χ3v) is 9.66. The van der Waals surface area contributed by atoms with Crippen molar-refractivity contribution in [3.8, 4) is 16.9 Å². The quantitative estimate of drug-likeness (QED) is 0.125. The number of alkyl halides is 6. The number of carbonyl (C=O) groups is 3. The fourth-order valence-corrected chi connectivity index (χ4v) is 6.68. The van der Waals surface area contributed by atoms with Crippen molar-refractivity contribution in [2.24, 2.45) is 0 Å². The van der Waals surface area contributed by atoms with Gasteiger partial charge in [0.25, 0.3) is 5.91 Å². The van der Waals surface area contributed by atoms with Crippen molar-refractivity contribution in [2.45, 2.75) is 18.8 Å². The van der Waals surface area contributed by atoms with Crippen molar-refractivity contribution in [2.75, 3.05) is 57.9 Å². The van der Waals surface area contributed by atoms with Gasteiger partial charge in [-0.05, 0) is 71.8 Å². The Bertz CT molecular complexity index is 1850. The number of hydrogen-bond acceptors (Lipinski definition) is 8. The Morgan fingerprint density at radius 3 is 2.17 bits per heavy atom. The molecular weight excluding hydrogens is 737 g/mol. The molecule has 3 aromatic carbocycles. The van der Waals surface area contributed by atoms with E-state index in [1.54, 1.807) is 0 Å². The van der Waals surface area contributed by atoms with E-state index in [9.17, 15) is 40.7 Å². The number of benzene rings is 3. The normalized spacial score (nSPS) is 16.4. The van der Waals surface area contributed by atoms with Crippen molar-refractivity contribution < 1.29 is 55.3 Å². The van der Waals surface area contributed by atoms with Gasteiger partial charge in [0.2, 0.25) is 5.91 Å². The summed E-state index contributed by atoms with van der Waals surface area (Å²) in [4.78, 5) is 42.4. The summed E-state index contributed by atoms with van der Waals surface area (Å²) in [6.45, 7) is 3.10. The molecule has 0 aromatic heterocycles. The predicted molar refractivity (Wildman–Crippen MR) is 186 cm³/mol. The summed E-state index contributed by atoms with van der Waals surface area (Å²) >= 11 is 6.34. The third-order valence-electron chi connectivity index (χ3n) is 8.28. The summed E-state index contributed by atoms with van der Waals surface area (Å²) in [6.07, 6.45) is -8.82. The molecule has 1 N–H and O–H groups in total. The van der Waals surface area contributed by atoms with Gasteiger partial charge in [-0.3, -0.25) is 19.4 Å². The highest BCUT2D eigenvalue weighted by Gasteiger charge is 2.37. The lowest BCUT2D eigenvalue weighted by atomic mass is 9.97. The van der Waals surface area contributed by atoms with Gasteiger partial charge >= 0.3 is 18.3 Å². The Balaban J connectivity index is 1.40. The van der Waals surface area contributed by atoms with E-state index in [0.717, 1.165) is 11.8 Å². The number of carboxylic acids is 1. The molecule has 2 fully saturated rings. The summed E-state index contributed by atoms with van der Waals surface area (Å²) in [5, 5.41) is 9.11. The molecule has 276 valence electrons. The summed E-state index contributed by atoms with van der Waals surface area (Å²) in [5.74, 6) is -1.83. The largest absolute Gasteiger partial charge is 0.492 e. The Morgan fingerprint density at radius 1 is 0.942 bits per heavy atom. The minimum Gasteiger partial charge on any atom is -0.492 e. The number of ether oxygens (including phenoxy) is 2. The van der Waals surface area contributed by atoms with Crippen molar-refractivity contribution in [3.05, 3.63) is 87.8 Å². The predicted octanol–water partition coefficient (Wildman–Crippen LogP) is 7.05. The van der Waals surface area contributed by atoms with Crippen LogP contribution in [0, 0.1) is 0 Å². The summed E-state index contributed by atoms with van der Waals surface area (Å²) in [6, 6.07) is 11.1. The van der Waals surface area contributed by atoms with E-state index in [-0.39, 0.29) is 68.8 Å². The summed E-state index contributed by atoms with van der Waals surface area (Å²) in [7, 11) is 1.50. The molecule has 2 saturated heterocycles. The van der Waals surface area contributed by atoms with Gasteiger partial charge < -0.3 is 19.5 Å². The first kappa shape index (κ1) is 38.8. The number of thioether (sulfide) groups is 1. The number of halogens is 6. The first-order chi connectivity index (χ1) is 24.5. The number of thiocarbonyl (C=S) groups is 1. The van der Waals surface area contributed by atoms with E-state index < -0.39 is 35.4 Å². The van der Waals surface area contributed by atoms with Crippen LogP contribution in [0.4, 0.5) is 32.0 Å². The van der Waals surface area contributed by atoms with Crippen LogP contribution in [0.5, 0.6) is 5.75 Å². The SMILES string of the molecule is CN(C(=O)CCN1C(=O)/C(=C/c2cc(-c3cc(C(F)(F)F)cc(C(F)(F)F)c3)ccc2OCCN2CCOCC2)SC1=S)c1ccc(C(=O)O)cc1. The highest BCUT2D eigenvalue weighted by atomic mass is 32.2. The highest BCUT2D eigenvalue weighted by molar-refractivity contribution is 8.26. The molecule has 0 spiro atoms. The van der Waals surface area contributed by atoms with E-state index in [2.05, 4.69) is 4.90 Å². The average molecular weight is 768 g/mol. The molecule has 5 rings (SSSR count). The lowest BCUT2D eigenvalue weighted by molar-refractivity contribution is -0.143. The van der Waals surface area contributed by atoms with Crippen molar-refractivity contribution in [1.82, 2.24) is 9.80 Å². The fraction of sp³-hybridized carbons (Fsp3) is 0.314. The molecule has 9 nitrogen and oxygen atoms in total. The molecule has 52 heavy (non-hydrogen) atoms. The topological polar surface area (TPSA) is 99.6 Å². The maximum Gasteiger partial charge on any atom is 0.416 e. The summed E-state index contributed by atoms with van der Waals surface area (Å²) < 4.78 is 93.4. The van der Waals surface area contributed by atoms with E-state index >= 15 is 0 Å². The molecule has 2 aliphatic rings. The van der Waals surface area contributed by atoms with Gasteiger partial charge in [-0.25, -0.2) is 4.79 Å². The first-order valence-electron chi connectivity index (χ1n) is 15.7. The zero-order valence-corrected chi connectivity index (χ0v) is 29.1. The van der Waals surface area contributed by atoms with Gasteiger partial charge in [-0.1, -0.05) is 30.0 Å². The molecule has 3 aromatic rings. The maximum atomic E-state index is 13.7. The molecule has 0 saturated carbocycles. The number of anilines is 1. The number of carbonyl (C=O) groups excluding carboxylic acids is 2. The second kappa shape index (κ2) is 16.1. The molecular formula is C35H31F6N3O6S2. The van der Waals surface area contributed by atoms with Gasteiger partial charge in [0.15, 0.2) is 0 Å². The Labute approximate surface area is 303 Å². The lowest BCUT2D eigenvalue weighted by Crippen LogP contribution is -2.38. The standard InChI is InChI=1S/C35H31F6N3O6S2/c1-42(27-5-2-21(3-6-27)32(47)48)30(45)8-9-44-31(46)29(52-33(44)51)19-24-16-22(4-7-28(24)50-15-12-43-10-13-49-14-11-43)23-17-25(34(36,37)38)20-26(18-23)35(39,40)41/h2-7,16-20H,8-15H2,1H3,(H,47,48)/b29-19-. The van der Waals surface area contributed by atoms with Crippen LogP contribution in [-0.4, -0.2) is 90.1 Å². The molecule has 17 heteroatoms. The van der Waals surface area contributed by atoms with Crippen molar-refractivity contribution in [3.63, 3.8) is 0 Å². The van der Waals surface area contributed by atoms with Crippen LogP contribution < -0.4 is 9.64 Å². The zero-order valence-electron chi connectivity index (χ0n) is 27.4. The van der Waals surface area contributed by atoms with Crippen molar-refractivity contribution >= 4 is 57.8 Å². The number of aromatic carboxylic acids is 1. The Hall–Kier alpha value is -4.45. The van der Waals surface area contributed by atoms with Crippen molar-refractivity contribution in [1.29, 1.82) is 0 Å². The molecule has 0 radical (unpaired) electrons. The van der Waals surface area contributed by atoms with Crippen LogP contribution in [0.25, 0.3) is 17.2 Å². The van der Waals surface area contributed by atoms with Crippen LogP contribution >= 0.6 is 24.0 Å². The van der Waals surface area contributed by atoms with Crippen LogP contribution in [-0.2, 0) is 26.7 Å². The van der Waals surface area contributed by atoms with Gasteiger partial charge in [-0.2, -0.15) is 26.3 Å². The molecule has 2 amide bonds. The van der Waals surface area contributed by atoms with Gasteiger partial charge in [0.05, 0.1) is 34.8 Å². The number of rotatable bonds is 11. The number of carboxylic acid groups (broad SMARTS) is 1. The van der Waals surface area contributed by atoms with E-state index in [0.29, 0.717) is 50.7 Å². The molecule has 0 aliphatic carbocycles. The van der Waals surface area contributed by atoms with Crippen LogP contribution in [0.3, 0.4) is 0 Å². The molecule has 2 heterocycles. The molecule has 2 aliphatic heterocycles. The second-order valence-corrected chi connectivity index (χ2v) is 13.4. The first-order valence-corrected chi connectivity index (χ1v) is 17.0.